The number of carbonyl (C=O) groups excluding carboxylic acids is 2. The largest absolute Gasteiger partial charge is 0.449 e. The predicted molar refractivity (Wildman–Crippen MR) is 83.2 cm³/mol. The van der Waals surface area contributed by atoms with Crippen molar-refractivity contribution in [3.05, 3.63) is 35.7 Å². The highest BCUT2D eigenvalue weighted by Crippen LogP contribution is 2.38. The monoisotopic (exact) mass is 332 g/mol. The van der Waals surface area contributed by atoms with E-state index in [1.807, 2.05) is 0 Å². The summed E-state index contributed by atoms with van der Waals surface area (Å²) < 4.78 is 10.2. The van der Waals surface area contributed by atoms with Crippen LogP contribution < -0.4 is 10.6 Å². The van der Waals surface area contributed by atoms with Gasteiger partial charge in [0.2, 0.25) is 11.7 Å². The summed E-state index contributed by atoms with van der Waals surface area (Å²) in [5, 5.41) is 5.83. The Morgan fingerprint density at radius 3 is 2.67 bits per heavy atom. The molecule has 0 bridgehead atoms. The molecule has 0 aliphatic heterocycles. The van der Waals surface area contributed by atoms with E-state index in [4.69, 9.17) is 8.83 Å². The zero-order chi connectivity index (χ0) is 17.2. The Bertz CT molecular complexity index is 745. The van der Waals surface area contributed by atoms with E-state index in [9.17, 15) is 9.59 Å². The van der Waals surface area contributed by atoms with Crippen LogP contribution in [0.5, 0.6) is 0 Å². The third kappa shape index (κ3) is 3.81. The van der Waals surface area contributed by atoms with Crippen molar-refractivity contribution in [1.82, 2.24) is 20.6 Å². The summed E-state index contributed by atoms with van der Waals surface area (Å²) in [6.45, 7) is 3.95. The lowest BCUT2D eigenvalue weighted by Crippen LogP contribution is -2.40. The molecular weight excluding hydrogens is 312 g/mol. The first-order valence-corrected chi connectivity index (χ1v) is 7.88. The number of nitrogens with zero attached hydrogens (tertiary/aromatic N) is 2. The Morgan fingerprint density at radius 2 is 2.08 bits per heavy atom. The molecule has 0 spiro atoms. The fourth-order valence-corrected chi connectivity index (χ4v) is 2.56. The lowest BCUT2D eigenvalue weighted by Gasteiger charge is -2.17. The minimum absolute atomic E-state index is 0.114. The molecule has 2 aromatic heterocycles. The Hall–Kier alpha value is -2.64. The highest BCUT2D eigenvalue weighted by Gasteiger charge is 2.44. The third-order valence-electron chi connectivity index (χ3n) is 4.12. The summed E-state index contributed by atoms with van der Waals surface area (Å²) in [5.74, 6) is 0.412. The molecule has 2 aromatic rings. The number of aryl methyl sites for hydroxylation is 2. The van der Waals surface area contributed by atoms with Crippen molar-refractivity contribution in [2.45, 2.75) is 45.1 Å². The highest BCUT2D eigenvalue weighted by molar-refractivity contribution is 5.93. The van der Waals surface area contributed by atoms with E-state index in [2.05, 4.69) is 20.6 Å². The van der Waals surface area contributed by atoms with E-state index < -0.39 is 0 Å². The third-order valence-corrected chi connectivity index (χ3v) is 4.12. The second-order valence-electron chi connectivity index (χ2n) is 6.14. The molecule has 128 valence electrons. The molecule has 8 heteroatoms. The summed E-state index contributed by atoms with van der Waals surface area (Å²) in [7, 11) is 0. The average molecular weight is 332 g/mol. The maximum Gasteiger partial charge on any atom is 0.289 e. The Labute approximate surface area is 139 Å². The lowest BCUT2D eigenvalue weighted by molar-refractivity contribution is -0.120. The van der Waals surface area contributed by atoms with Gasteiger partial charge in [0.15, 0.2) is 12.3 Å². The molecule has 0 saturated heterocycles. The second kappa shape index (κ2) is 6.46. The number of amides is 2. The van der Waals surface area contributed by atoms with Crippen molar-refractivity contribution in [2.24, 2.45) is 0 Å². The zero-order valence-corrected chi connectivity index (χ0v) is 13.7. The molecule has 24 heavy (non-hydrogen) atoms. The van der Waals surface area contributed by atoms with Gasteiger partial charge in [-0.3, -0.25) is 9.59 Å². The van der Waals surface area contributed by atoms with Crippen LogP contribution in [0.1, 0.15) is 47.1 Å². The van der Waals surface area contributed by atoms with Crippen molar-refractivity contribution in [2.75, 3.05) is 6.54 Å². The highest BCUT2D eigenvalue weighted by atomic mass is 16.4. The zero-order valence-electron chi connectivity index (χ0n) is 13.7. The van der Waals surface area contributed by atoms with Gasteiger partial charge in [0.1, 0.15) is 6.26 Å². The number of hydrogen-bond donors (Lipinski definition) is 2. The van der Waals surface area contributed by atoms with E-state index >= 15 is 0 Å². The quantitative estimate of drug-likeness (QED) is 0.790. The molecule has 2 heterocycles. The van der Waals surface area contributed by atoms with Crippen LogP contribution in [-0.2, 0) is 11.2 Å². The Morgan fingerprint density at radius 1 is 1.29 bits per heavy atom. The fraction of sp³-hybridized carbons (Fsp3) is 0.500. The number of nitrogens with one attached hydrogen (secondary N) is 2. The summed E-state index contributed by atoms with van der Waals surface area (Å²) in [4.78, 5) is 32.1. The van der Waals surface area contributed by atoms with E-state index in [1.165, 1.54) is 12.7 Å². The minimum Gasteiger partial charge on any atom is -0.449 e. The van der Waals surface area contributed by atoms with E-state index in [1.54, 1.807) is 13.8 Å². The van der Waals surface area contributed by atoms with Crippen LogP contribution in [0.4, 0.5) is 0 Å². The molecule has 2 N–H and O–H groups in total. The van der Waals surface area contributed by atoms with Gasteiger partial charge in [0.25, 0.3) is 5.91 Å². The summed E-state index contributed by atoms with van der Waals surface area (Å²) in [6.07, 6.45) is 5.39. The number of rotatable bonds is 7. The van der Waals surface area contributed by atoms with E-state index in [0.29, 0.717) is 30.2 Å². The molecule has 1 fully saturated rings. The molecule has 1 saturated carbocycles. The summed E-state index contributed by atoms with van der Waals surface area (Å²) >= 11 is 0. The molecule has 1 aliphatic rings. The van der Waals surface area contributed by atoms with Gasteiger partial charge in [0, 0.05) is 19.0 Å². The first kappa shape index (κ1) is 16.2. The van der Waals surface area contributed by atoms with Crippen LogP contribution >= 0.6 is 0 Å². The molecule has 3 rings (SSSR count). The normalized spacial score (nSPS) is 15.1. The molecule has 0 radical (unpaired) electrons. The Kier molecular flexibility index (Phi) is 4.37. The SMILES string of the molecule is Cc1nc(CC(=O)NCCC2(NC(=O)c3ocnc3C)CC2)co1. The fourth-order valence-electron chi connectivity index (χ4n) is 2.56. The van der Waals surface area contributed by atoms with Gasteiger partial charge in [-0.2, -0.15) is 0 Å². The van der Waals surface area contributed by atoms with Crippen molar-refractivity contribution in [3.8, 4) is 0 Å². The smallest absolute Gasteiger partial charge is 0.289 e. The van der Waals surface area contributed by atoms with Crippen LogP contribution in [0, 0.1) is 13.8 Å². The molecule has 1 aliphatic carbocycles. The van der Waals surface area contributed by atoms with Gasteiger partial charge < -0.3 is 19.5 Å². The molecule has 8 nitrogen and oxygen atoms in total. The van der Waals surface area contributed by atoms with Gasteiger partial charge in [0.05, 0.1) is 17.8 Å². The van der Waals surface area contributed by atoms with Crippen molar-refractivity contribution < 1.29 is 18.4 Å². The number of carbonyl (C=O) groups is 2. The van der Waals surface area contributed by atoms with Crippen molar-refractivity contribution in [1.29, 1.82) is 0 Å². The van der Waals surface area contributed by atoms with Crippen LogP contribution in [0.15, 0.2) is 21.5 Å². The van der Waals surface area contributed by atoms with Crippen LogP contribution in [0.2, 0.25) is 0 Å². The lowest BCUT2D eigenvalue weighted by atomic mass is 10.1. The average Bonchev–Trinajstić information content (AvgIpc) is 2.93. The maximum atomic E-state index is 12.2. The standard InChI is InChI=1S/C16H20N4O4/c1-10-14(24-9-18-10)15(22)20-16(3-4-16)5-6-17-13(21)7-12-8-23-11(2)19-12/h8-9H,3-7H2,1-2H3,(H,17,21)(H,20,22). The van der Waals surface area contributed by atoms with Gasteiger partial charge in [-0.25, -0.2) is 9.97 Å². The molecule has 0 aromatic carbocycles. The number of hydrogen-bond acceptors (Lipinski definition) is 6. The van der Waals surface area contributed by atoms with Crippen LogP contribution in [0.3, 0.4) is 0 Å². The number of oxazole rings is 2. The maximum absolute atomic E-state index is 12.2. The van der Waals surface area contributed by atoms with E-state index in [0.717, 1.165) is 12.8 Å². The van der Waals surface area contributed by atoms with Gasteiger partial charge >= 0.3 is 0 Å². The predicted octanol–water partition coefficient (Wildman–Crippen LogP) is 1.29. The van der Waals surface area contributed by atoms with Crippen LogP contribution in [-0.4, -0.2) is 33.9 Å². The van der Waals surface area contributed by atoms with Crippen molar-refractivity contribution >= 4 is 11.8 Å². The Balaban J connectivity index is 1.43. The van der Waals surface area contributed by atoms with Gasteiger partial charge in [-0.05, 0) is 26.2 Å². The summed E-state index contributed by atoms with van der Waals surface area (Å²) in [5.41, 5.74) is 0.924. The van der Waals surface area contributed by atoms with Crippen LogP contribution in [0.25, 0.3) is 0 Å². The van der Waals surface area contributed by atoms with Crippen molar-refractivity contribution in [3.63, 3.8) is 0 Å². The molecule has 0 atom stereocenters. The number of aromatic nitrogens is 2. The second-order valence-corrected chi connectivity index (χ2v) is 6.14. The van der Waals surface area contributed by atoms with Gasteiger partial charge in [-0.1, -0.05) is 0 Å². The van der Waals surface area contributed by atoms with Gasteiger partial charge in [-0.15, -0.1) is 0 Å². The molecule has 0 unspecified atom stereocenters. The first-order chi connectivity index (χ1) is 11.5. The first-order valence-electron chi connectivity index (χ1n) is 7.88. The topological polar surface area (TPSA) is 110 Å². The van der Waals surface area contributed by atoms with E-state index in [-0.39, 0.29) is 29.5 Å². The summed E-state index contributed by atoms with van der Waals surface area (Å²) in [6, 6.07) is 0. The molecular formula is C16H20N4O4. The molecule has 2 amide bonds. The minimum atomic E-state index is -0.258.